The summed E-state index contributed by atoms with van der Waals surface area (Å²) >= 11 is 6.04. The first kappa shape index (κ1) is 19.3. The summed E-state index contributed by atoms with van der Waals surface area (Å²) in [5, 5.41) is 9.20. The molecule has 5 rings (SSSR count). The van der Waals surface area contributed by atoms with Crippen molar-refractivity contribution in [1.82, 2.24) is 15.0 Å². The SMILES string of the molecule is O=C1[C@@H](n2cc(-c3ccccc3)nn2)[C@@H](/C=C/c2ccccc2)N1c1ccc(Cl)cc1. The fraction of sp³-hybridized carbons (Fsp3) is 0.0800. The molecule has 0 spiro atoms. The third-order valence-corrected chi connectivity index (χ3v) is 5.62. The molecule has 0 aliphatic carbocycles. The molecule has 1 aliphatic heterocycles. The summed E-state index contributed by atoms with van der Waals surface area (Å²) in [7, 11) is 0. The molecule has 0 N–H and O–H groups in total. The van der Waals surface area contributed by atoms with E-state index in [1.807, 2.05) is 91.1 Å². The van der Waals surface area contributed by atoms with Crippen LogP contribution < -0.4 is 4.90 Å². The quantitative estimate of drug-likeness (QED) is 0.408. The Morgan fingerprint density at radius 3 is 2.26 bits per heavy atom. The summed E-state index contributed by atoms with van der Waals surface area (Å²) < 4.78 is 1.66. The molecule has 0 bridgehead atoms. The highest BCUT2D eigenvalue weighted by molar-refractivity contribution is 6.30. The van der Waals surface area contributed by atoms with Crippen molar-refractivity contribution < 1.29 is 4.79 Å². The standard InChI is InChI=1S/C25H19ClN4O/c26-20-12-14-21(15-13-20)30-23(16-11-18-7-3-1-4-8-18)24(25(30)31)29-17-22(27-28-29)19-9-5-2-6-10-19/h1-17,23-24H/b16-11+/t23-,24+/m1/s1. The minimum Gasteiger partial charge on any atom is -0.301 e. The summed E-state index contributed by atoms with van der Waals surface area (Å²) in [6.45, 7) is 0. The molecule has 2 heterocycles. The van der Waals surface area contributed by atoms with Crippen molar-refractivity contribution in [1.29, 1.82) is 0 Å². The number of hydrogen-bond acceptors (Lipinski definition) is 3. The number of β-lactam (4-membered cyclic amide) rings is 1. The maximum atomic E-state index is 13.2. The van der Waals surface area contributed by atoms with Crippen LogP contribution in [0.15, 0.2) is 97.2 Å². The summed E-state index contributed by atoms with van der Waals surface area (Å²) in [5.41, 5.74) is 3.58. The predicted octanol–water partition coefficient (Wildman–Crippen LogP) is 5.27. The highest BCUT2D eigenvalue weighted by atomic mass is 35.5. The Labute approximate surface area is 185 Å². The first-order valence-corrected chi connectivity index (χ1v) is 10.4. The van der Waals surface area contributed by atoms with E-state index in [0.717, 1.165) is 22.5 Å². The molecule has 152 valence electrons. The second-order valence-electron chi connectivity index (χ2n) is 7.34. The zero-order chi connectivity index (χ0) is 21.2. The number of hydrogen-bond donors (Lipinski definition) is 0. The van der Waals surface area contributed by atoms with Crippen LogP contribution in [0.5, 0.6) is 0 Å². The molecule has 0 saturated carbocycles. The lowest BCUT2D eigenvalue weighted by molar-refractivity contribution is -0.128. The molecule has 1 aliphatic rings. The third kappa shape index (κ3) is 3.76. The molecule has 1 aromatic heterocycles. The van der Waals surface area contributed by atoms with Crippen LogP contribution in [0, 0.1) is 0 Å². The Hall–Kier alpha value is -3.70. The number of nitrogens with zero attached hydrogens (tertiary/aromatic N) is 4. The van der Waals surface area contributed by atoms with Gasteiger partial charge in [0.15, 0.2) is 6.04 Å². The number of amides is 1. The van der Waals surface area contributed by atoms with E-state index in [4.69, 9.17) is 11.6 Å². The van der Waals surface area contributed by atoms with E-state index in [0.29, 0.717) is 5.02 Å². The van der Waals surface area contributed by atoms with Gasteiger partial charge in [-0.05, 0) is 29.8 Å². The van der Waals surface area contributed by atoms with Crippen LogP contribution in [0.4, 0.5) is 5.69 Å². The molecule has 1 saturated heterocycles. The van der Waals surface area contributed by atoms with Crippen molar-refractivity contribution >= 4 is 29.3 Å². The molecule has 1 fully saturated rings. The number of anilines is 1. The summed E-state index contributed by atoms with van der Waals surface area (Å²) in [6.07, 6.45) is 5.91. The van der Waals surface area contributed by atoms with Crippen LogP contribution in [-0.4, -0.2) is 26.9 Å². The van der Waals surface area contributed by atoms with Gasteiger partial charge in [0.1, 0.15) is 5.69 Å². The van der Waals surface area contributed by atoms with Gasteiger partial charge in [0, 0.05) is 16.3 Å². The summed E-state index contributed by atoms with van der Waals surface area (Å²) in [5.74, 6) is -0.0328. The normalized spacial score (nSPS) is 18.4. The van der Waals surface area contributed by atoms with Crippen LogP contribution in [0.3, 0.4) is 0 Å². The monoisotopic (exact) mass is 426 g/mol. The number of carbonyl (C=O) groups is 1. The van der Waals surface area contributed by atoms with Crippen molar-refractivity contribution in [3.63, 3.8) is 0 Å². The lowest BCUT2D eigenvalue weighted by Crippen LogP contribution is -2.61. The van der Waals surface area contributed by atoms with Crippen LogP contribution >= 0.6 is 11.6 Å². The molecule has 5 nitrogen and oxygen atoms in total. The largest absolute Gasteiger partial charge is 0.301 e. The van der Waals surface area contributed by atoms with Gasteiger partial charge in [0.25, 0.3) is 5.91 Å². The zero-order valence-corrected chi connectivity index (χ0v) is 17.3. The van der Waals surface area contributed by atoms with Crippen LogP contribution in [0.25, 0.3) is 17.3 Å². The van der Waals surface area contributed by atoms with E-state index in [2.05, 4.69) is 10.3 Å². The Balaban J connectivity index is 1.48. The van der Waals surface area contributed by atoms with Crippen molar-refractivity contribution in [2.75, 3.05) is 4.90 Å². The average molecular weight is 427 g/mol. The number of aromatic nitrogens is 3. The van der Waals surface area contributed by atoms with Gasteiger partial charge in [0.2, 0.25) is 0 Å². The molecular weight excluding hydrogens is 408 g/mol. The molecule has 6 heteroatoms. The molecule has 31 heavy (non-hydrogen) atoms. The molecule has 3 aromatic carbocycles. The molecule has 0 radical (unpaired) electrons. The van der Waals surface area contributed by atoms with Crippen molar-refractivity contribution in [2.24, 2.45) is 0 Å². The first-order chi connectivity index (χ1) is 15.2. The van der Waals surface area contributed by atoms with Gasteiger partial charge < -0.3 is 4.90 Å². The van der Waals surface area contributed by atoms with Crippen LogP contribution in [-0.2, 0) is 4.79 Å². The second kappa shape index (κ2) is 8.20. The van der Waals surface area contributed by atoms with Crippen molar-refractivity contribution in [2.45, 2.75) is 12.1 Å². The second-order valence-corrected chi connectivity index (χ2v) is 7.78. The lowest BCUT2D eigenvalue weighted by Gasteiger charge is -2.45. The van der Waals surface area contributed by atoms with Gasteiger partial charge in [0.05, 0.1) is 12.2 Å². The van der Waals surface area contributed by atoms with Gasteiger partial charge in [-0.2, -0.15) is 0 Å². The van der Waals surface area contributed by atoms with E-state index < -0.39 is 6.04 Å². The molecule has 1 amide bonds. The van der Waals surface area contributed by atoms with Gasteiger partial charge in [-0.15, -0.1) is 5.10 Å². The third-order valence-electron chi connectivity index (χ3n) is 5.37. The fourth-order valence-corrected chi connectivity index (χ4v) is 3.91. The van der Waals surface area contributed by atoms with Gasteiger partial charge >= 0.3 is 0 Å². The van der Waals surface area contributed by atoms with Gasteiger partial charge in [-0.1, -0.05) is 89.6 Å². The van der Waals surface area contributed by atoms with Crippen LogP contribution in [0.2, 0.25) is 5.02 Å². The highest BCUT2D eigenvalue weighted by Gasteiger charge is 2.48. The van der Waals surface area contributed by atoms with E-state index in [9.17, 15) is 4.79 Å². The molecular formula is C25H19ClN4O. The Morgan fingerprint density at radius 2 is 1.55 bits per heavy atom. The Kier molecular flexibility index (Phi) is 5.10. The van der Waals surface area contributed by atoms with E-state index in [1.165, 1.54) is 0 Å². The fourth-order valence-electron chi connectivity index (χ4n) is 3.78. The number of rotatable bonds is 5. The highest BCUT2D eigenvalue weighted by Crippen LogP contribution is 2.37. The predicted molar refractivity (Wildman–Crippen MR) is 123 cm³/mol. The number of carbonyl (C=O) groups excluding carboxylic acids is 1. The lowest BCUT2D eigenvalue weighted by atomic mass is 9.92. The van der Waals surface area contributed by atoms with Crippen LogP contribution in [0.1, 0.15) is 11.6 Å². The topological polar surface area (TPSA) is 51.0 Å². The van der Waals surface area contributed by atoms with Crippen molar-refractivity contribution in [3.8, 4) is 11.3 Å². The zero-order valence-electron chi connectivity index (χ0n) is 16.5. The Bertz CT molecular complexity index is 1220. The van der Waals surface area contributed by atoms with Crippen molar-refractivity contribution in [3.05, 3.63) is 108 Å². The molecule has 2 atom stereocenters. The van der Waals surface area contributed by atoms with Gasteiger partial charge in [-0.25, -0.2) is 4.68 Å². The minimum atomic E-state index is -0.458. The van der Waals surface area contributed by atoms with E-state index in [-0.39, 0.29) is 11.9 Å². The van der Waals surface area contributed by atoms with Gasteiger partial charge in [-0.3, -0.25) is 4.79 Å². The smallest absolute Gasteiger partial charge is 0.255 e. The minimum absolute atomic E-state index is 0.0328. The van der Waals surface area contributed by atoms with E-state index in [1.54, 1.807) is 21.7 Å². The molecule has 0 unspecified atom stereocenters. The summed E-state index contributed by atoms with van der Waals surface area (Å²) in [6, 6.07) is 26.5. The number of halogens is 1. The molecule has 4 aromatic rings. The number of benzene rings is 3. The summed E-state index contributed by atoms with van der Waals surface area (Å²) in [4.78, 5) is 15.0. The first-order valence-electron chi connectivity index (χ1n) is 10.00. The maximum absolute atomic E-state index is 13.2. The Morgan fingerprint density at radius 1 is 0.871 bits per heavy atom. The average Bonchev–Trinajstić information content (AvgIpc) is 3.28. The van der Waals surface area contributed by atoms with E-state index >= 15 is 0 Å². The maximum Gasteiger partial charge on any atom is 0.255 e.